The third-order valence-electron chi connectivity index (χ3n) is 2.89. The summed E-state index contributed by atoms with van der Waals surface area (Å²) in [6.07, 6.45) is 3.05. The van der Waals surface area contributed by atoms with Gasteiger partial charge in [-0.3, -0.25) is 4.79 Å². The molecule has 5 heteroatoms. The predicted octanol–water partition coefficient (Wildman–Crippen LogP) is 3.11. The van der Waals surface area contributed by atoms with Gasteiger partial charge in [0.25, 0.3) is 5.91 Å². The van der Waals surface area contributed by atoms with Gasteiger partial charge in [-0.25, -0.2) is 9.97 Å². The molecule has 0 unspecified atom stereocenters. The minimum absolute atomic E-state index is 0.214. The molecule has 1 heterocycles. The summed E-state index contributed by atoms with van der Waals surface area (Å²) in [4.78, 5) is 20.4. The van der Waals surface area contributed by atoms with Crippen LogP contribution in [0.1, 0.15) is 29.8 Å². The lowest BCUT2D eigenvalue weighted by atomic mass is 10.2. The molecule has 0 fully saturated rings. The second-order valence-electron chi connectivity index (χ2n) is 5.39. The van der Waals surface area contributed by atoms with Crippen LogP contribution in [-0.2, 0) is 0 Å². The molecular formula is C16H20N4O. The fraction of sp³-hybridized carbons (Fsp3) is 0.312. The highest BCUT2D eigenvalue weighted by Crippen LogP contribution is 2.10. The first-order valence-electron chi connectivity index (χ1n) is 6.98. The van der Waals surface area contributed by atoms with Crippen molar-refractivity contribution in [1.29, 1.82) is 0 Å². The number of rotatable bonds is 5. The van der Waals surface area contributed by atoms with Crippen LogP contribution in [0.25, 0.3) is 0 Å². The molecule has 0 spiro atoms. The topological polar surface area (TPSA) is 66.9 Å². The Morgan fingerprint density at radius 3 is 2.33 bits per heavy atom. The van der Waals surface area contributed by atoms with Crippen LogP contribution in [0.3, 0.4) is 0 Å². The van der Waals surface area contributed by atoms with Gasteiger partial charge in [0.2, 0.25) is 5.95 Å². The Labute approximate surface area is 124 Å². The van der Waals surface area contributed by atoms with Crippen LogP contribution >= 0.6 is 0 Å². The van der Waals surface area contributed by atoms with Crippen molar-refractivity contribution >= 4 is 17.5 Å². The van der Waals surface area contributed by atoms with Crippen LogP contribution in [0.15, 0.2) is 36.7 Å². The molecule has 0 radical (unpaired) electrons. The molecule has 0 atom stereocenters. The maximum Gasteiger partial charge on any atom is 0.258 e. The molecular weight excluding hydrogens is 264 g/mol. The fourth-order valence-electron chi connectivity index (χ4n) is 1.67. The maximum atomic E-state index is 12.1. The Kier molecular flexibility index (Phi) is 4.87. The molecule has 5 nitrogen and oxygen atoms in total. The zero-order valence-electron chi connectivity index (χ0n) is 12.6. The molecule has 1 aromatic carbocycles. The Hall–Kier alpha value is -2.43. The molecule has 2 aromatic rings. The summed E-state index contributed by atoms with van der Waals surface area (Å²) < 4.78 is 0. The molecule has 0 saturated carbocycles. The van der Waals surface area contributed by atoms with E-state index in [0.29, 0.717) is 17.4 Å². The summed E-state index contributed by atoms with van der Waals surface area (Å²) in [5.74, 6) is 0.836. The number of carbonyl (C=O) groups excluding carboxylic acids is 1. The smallest absolute Gasteiger partial charge is 0.258 e. The quantitative estimate of drug-likeness (QED) is 0.885. The van der Waals surface area contributed by atoms with Gasteiger partial charge < -0.3 is 10.6 Å². The highest BCUT2D eigenvalue weighted by molar-refractivity contribution is 6.03. The number of benzene rings is 1. The van der Waals surface area contributed by atoms with E-state index < -0.39 is 0 Å². The van der Waals surface area contributed by atoms with Gasteiger partial charge in [0.15, 0.2) is 0 Å². The van der Waals surface area contributed by atoms with Crippen molar-refractivity contribution in [2.45, 2.75) is 20.8 Å². The molecule has 0 aliphatic carbocycles. The standard InChI is InChI=1S/C16H20N4O/c1-11(2)8-17-16-18-9-13(10-19-16)15(21)20-14-6-4-12(3)5-7-14/h4-7,9-11H,8H2,1-3H3,(H,20,21)(H,17,18,19). The summed E-state index contributed by atoms with van der Waals surface area (Å²) in [6, 6.07) is 7.63. The lowest BCUT2D eigenvalue weighted by molar-refractivity contribution is 0.102. The molecule has 1 amide bonds. The normalized spacial score (nSPS) is 10.5. The second kappa shape index (κ2) is 6.83. The molecule has 0 aliphatic rings. The zero-order valence-corrected chi connectivity index (χ0v) is 12.6. The summed E-state index contributed by atoms with van der Waals surface area (Å²) in [7, 11) is 0. The van der Waals surface area contributed by atoms with Crippen molar-refractivity contribution in [3.8, 4) is 0 Å². The number of amides is 1. The second-order valence-corrected chi connectivity index (χ2v) is 5.39. The van der Waals surface area contributed by atoms with Gasteiger partial charge in [0, 0.05) is 24.6 Å². The maximum absolute atomic E-state index is 12.1. The van der Waals surface area contributed by atoms with Gasteiger partial charge in [0.05, 0.1) is 5.56 Å². The first-order chi connectivity index (χ1) is 10.0. The number of carbonyl (C=O) groups is 1. The van der Waals surface area contributed by atoms with E-state index >= 15 is 0 Å². The van der Waals surface area contributed by atoms with Crippen molar-refractivity contribution in [3.63, 3.8) is 0 Å². The van der Waals surface area contributed by atoms with Crippen molar-refractivity contribution < 1.29 is 4.79 Å². The Balaban J connectivity index is 1.97. The Morgan fingerprint density at radius 1 is 1.14 bits per heavy atom. The minimum atomic E-state index is -0.214. The van der Waals surface area contributed by atoms with E-state index in [1.165, 1.54) is 12.4 Å². The van der Waals surface area contributed by atoms with Gasteiger partial charge >= 0.3 is 0 Å². The van der Waals surface area contributed by atoms with E-state index in [1.807, 2.05) is 31.2 Å². The molecule has 2 N–H and O–H groups in total. The van der Waals surface area contributed by atoms with Crippen LogP contribution in [0.2, 0.25) is 0 Å². The van der Waals surface area contributed by atoms with E-state index in [-0.39, 0.29) is 5.91 Å². The largest absolute Gasteiger partial charge is 0.354 e. The van der Waals surface area contributed by atoms with E-state index in [0.717, 1.165) is 17.8 Å². The summed E-state index contributed by atoms with van der Waals surface area (Å²) >= 11 is 0. The van der Waals surface area contributed by atoms with Gasteiger partial charge in [0.1, 0.15) is 0 Å². The first kappa shape index (κ1) is 15.0. The fourth-order valence-corrected chi connectivity index (χ4v) is 1.67. The van der Waals surface area contributed by atoms with E-state index in [1.54, 1.807) is 0 Å². The predicted molar refractivity (Wildman–Crippen MR) is 84.5 cm³/mol. The summed E-state index contributed by atoms with van der Waals surface area (Å²) in [5.41, 5.74) is 2.34. The number of anilines is 2. The SMILES string of the molecule is Cc1ccc(NC(=O)c2cnc(NCC(C)C)nc2)cc1. The molecule has 1 aromatic heterocycles. The number of hydrogen-bond donors (Lipinski definition) is 2. The number of aromatic nitrogens is 2. The van der Waals surface area contributed by atoms with Crippen molar-refractivity contribution in [2.24, 2.45) is 5.92 Å². The molecule has 21 heavy (non-hydrogen) atoms. The molecule has 0 bridgehead atoms. The number of nitrogens with zero attached hydrogens (tertiary/aromatic N) is 2. The third kappa shape index (κ3) is 4.56. The zero-order chi connectivity index (χ0) is 15.2. The van der Waals surface area contributed by atoms with Crippen LogP contribution in [0.4, 0.5) is 11.6 Å². The highest BCUT2D eigenvalue weighted by atomic mass is 16.1. The lowest BCUT2D eigenvalue weighted by Gasteiger charge is -2.08. The average molecular weight is 284 g/mol. The van der Waals surface area contributed by atoms with Crippen LogP contribution in [-0.4, -0.2) is 22.4 Å². The summed E-state index contributed by atoms with van der Waals surface area (Å²) in [6.45, 7) is 7.02. The average Bonchev–Trinajstić information content (AvgIpc) is 2.48. The van der Waals surface area contributed by atoms with E-state index in [2.05, 4.69) is 34.4 Å². The highest BCUT2D eigenvalue weighted by Gasteiger charge is 2.07. The van der Waals surface area contributed by atoms with Gasteiger partial charge in [-0.15, -0.1) is 0 Å². The molecule has 0 saturated heterocycles. The molecule has 0 aliphatic heterocycles. The molecule has 110 valence electrons. The van der Waals surface area contributed by atoms with Crippen LogP contribution < -0.4 is 10.6 Å². The van der Waals surface area contributed by atoms with Gasteiger partial charge in [-0.1, -0.05) is 31.5 Å². The Morgan fingerprint density at radius 2 is 1.76 bits per heavy atom. The molecule has 2 rings (SSSR count). The van der Waals surface area contributed by atoms with Crippen molar-refractivity contribution in [1.82, 2.24) is 9.97 Å². The van der Waals surface area contributed by atoms with Crippen LogP contribution in [0, 0.1) is 12.8 Å². The number of nitrogens with one attached hydrogen (secondary N) is 2. The lowest BCUT2D eigenvalue weighted by Crippen LogP contribution is -2.14. The number of hydrogen-bond acceptors (Lipinski definition) is 4. The third-order valence-corrected chi connectivity index (χ3v) is 2.89. The van der Waals surface area contributed by atoms with E-state index in [9.17, 15) is 4.79 Å². The number of aryl methyl sites for hydroxylation is 1. The van der Waals surface area contributed by atoms with Crippen molar-refractivity contribution in [3.05, 3.63) is 47.8 Å². The van der Waals surface area contributed by atoms with Crippen molar-refractivity contribution in [2.75, 3.05) is 17.2 Å². The van der Waals surface area contributed by atoms with Gasteiger partial charge in [-0.05, 0) is 25.0 Å². The summed E-state index contributed by atoms with van der Waals surface area (Å²) in [5, 5.41) is 5.93. The monoisotopic (exact) mass is 284 g/mol. The van der Waals surface area contributed by atoms with Crippen LogP contribution in [0.5, 0.6) is 0 Å². The van der Waals surface area contributed by atoms with Gasteiger partial charge in [-0.2, -0.15) is 0 Å². The van der Waals surface area contributed by atoms with E-state index in [4.69, 9.17) is 0 Å². The minimum Gasteiger partial charge on any atom is -0.354 e. The first-order valence-corrected chi connectivity index (χ1v) is 6.98. The Bertz CT molecular complexity index is 591.